The van der Waals surface area contributed by atoms with E-state index >= 15 is 0 Å². The SMILES string of the molecule is CC[C@@H](NC(=O)[C@@H](C)Cn1cccn1)c1ccc(F)cc1. The second-order valence-electron chi connectivity index (χ2n) is 5.15. The van der Waals surface area contributed by atoms with E-state index in [4.69, 9.17) is 0 Å². The Balaban J connectivity index is 1.97. The largest absolute Gasteiger partial charge is 0.349 e. The summed E-state index contributed by atoms with van der Waals surface area (Å²) < 4.78 is 14.7. The lowest BCUT2D eigenvalue weighted by molar-refractivity contribution is -0.125. The summed E-state index contributed by atoms with van der Waals surface area (Å²) in [6.45, 7) is 4.40. The van der Waals surface area contributed by atoms with E-state index < -0.39 is 0 Å². The number of carbonyl (C=O) groups excluding carboxylic acids is 1. The maximum atomic E-state index is 13.0. The third kappa shape index (κ3) is 4.15. The number of nitrogens with zero attached hydrogens (tertiary/aromatic N) is 2. The normalized spacial score (nSPS) is 13.7. The van der Waals surface area contributed by atoms with Gasteiger partial charge in [-0.3, -0.25) is 9.48 Å². The molecule has 5 heteroatoms. The molecule has 2 rings (SSSR count). The maximum Gasteiger partial charge on any atom is 0.225 e. The number of aromatic nitrogens is 2. The van der Waals surface area contributed by atoms with Gasteiger partial charge >= 0.3 is 0 Å². The van der Waals surface area contributed by atoms with Crippen LogP contribution in [0, 0.1) is 11.7 Å². The Hall–Kier alpha value is -2.17. The fourth-order valence-electron chi connectivity index (χ4n) is 2.20. The molecule has 4 nitrogen and oxygen atoms in total. The lowest BCUT2D eigenvalue weighted by Gasteiger charge is -2.20. The standard InChI is InChI=1S/C16H20FN3O/c1-3-15(13-5-7-14(17)8-6-13)19-16(21)12(2)11-20-10-4-9-18-20/h4-10,12,15H,3,11H2,1-2H3,(H,19,21)/t12-,15+/m0/s1. The van der Waals surface area contributed by atoms with Gasteiger partial charge in [-0.1, -0.05) is 26.0 Å². The number of hydrogen-bond donors (Lipinski definition) is 1. The van der Waals surface area contributed by atoms with Gasteiger partial charge in [-0.15, -0.1) is 0 Å². The molecule has 1 aromatic heterocycles. The summed E-state index contributed by atoms with van der Waals surface area (Å²) >= 11 is 0. The molecule has 21 heavy (non-hydrogen) atoms. The minimum atomic E-state index is -0.271. The van der Waals surface area contributed by atoms with Crippen molar-refractivity contribution in [3.8, 4) is 0 Å². The third-order valence-corrected chi connectivity index (χ3v) is 3.46. The van der Waals surface area contributed by atoms with Crippen LogP contribution >= 0.6 is 0 Å². The molecule has 0 fully saturated rings. The van der Waals surface area contributed by atoms with Crippen LogP contribution in [0.2, 0.25) is 0 Å². The van der Waals surface area contributed by atoms with Crippen LogP contribution in [0.1, 0.15) is 31.9 Å². The van der Waals surface area contributed by atoms with Gasteiger partial charge in [0.1, 0.15) is 5.82 Å². The number of benzene rings is 1. The Morgan fingerprint density at radius 2 is 2.10 bits per heavy atom. The van der Waals surface area contributed by atoms with Gasteiger partial charge in [-0.25, -0.2) is 4.39 Å². The molecule has 0 unspecified atom stereocenters. The van der Waals surface area contributed by atoms with Crippen LogP contribution in [0.5, 0.6) is 0 Å². The van der Waals surface area contributed by atoms with Crippen molar-refractivity contribution in [1.82, 2.24) is 15.1 Å². The van der Waals surface area contributed by atoms with E-state index in [2.05, 4.69) is 10.4 Å². The van der Waals surface area contributed by atoms with Crippen molar-refractivity contribution < 1.29 is 9.18 Å². The van der Waals surface area contributed by atoms with Gasteiger partial charge in [0.05, 0.1) is 18.5 Å². The average molecular weight is 289 g/mol. The number of amides is 1. The molecular weight excluding hydrogens is 269 g/mol. The van der Waals surface area contributed by atoms with E-state index in [1.807, 2.05) is 26.1 Å². The summed E-state index contributed by atoms with van der Waals surface area (Å²) in [4.78, 5) is 12.3. The number of nitrogens with one attached hydrogen (secondary N) is 1. The zero-order valence-corrected chi connectivity index (χ0v) is 12.3. The third-order valence-electron chi connectivity index (χ3n) is 3.46. The highest BCUT2D eigenvalue weighted by Crippen LogP contribution is 2.17. The summed E-state index contributed by atoms with van der Waals surface area (Å²) in [5.74, 6) is -0.479. The Kier molecular flexibility index (Phi) is 5.09. The number of halogens is 1. The van der Waals surface area contributed by atoms with Crippen molar-refractivity contribution in [2.75, 3.05) is 0 Å². The predicted molar refractivity (Wildman–Crippen MR) is 79.0 cm³/mol. The molecule has 2 aromatic rings. The molecule has 1 heterocycles. The first-order valence-electron chi connectivity index (χ1n) is 7.13. The van der Waals surface area contributed by atoms with Crippen LogP contribution in [0.15, 0.2) is 42.7 Å². The van der Waals surface area contributed by atoms with Crippen LogP contribution < -0.4 is 5.32 Å². The van der Waals surface area contributed by atoms with Gasteiger partial charge in [0.25, 0.3) is 0 Å². The smallest absolute Gasteiger partial charge is 0.225 e. The highest BCUT2D eigenvalue weighted by Gasteiger charge is 2.18. The molecule has 0 saturated heterocycles. The van der Waals surface area contributed by atoms with Crippen molar-refractivity contribution in [1.29, 1.82) is 0 Å². The van der Waals surface area contributed by atoms with E-state index in [0.717, 1.165) is 12.0 Å². The fraction of sp³-hybridized carbons (Fsp3) is 0.375. The average Bonchev–Trinajstić information content (AvgIpc) is 2.98. The minimum Gasteiger partial charge on any atom is -0.349 e. The molecule has 0 spiro atoms. The monoisotopic (exact) mass is 289 g/mol. The minimum absolute atomic E-state index is 0.0262. The molecule has 0 radical (unpaired) electrons. The Labute approximate surface area is 124 Å². The van der Waals surface area contributed by atoms with Gasteiger partial charge in [-0.2, -0.15) is 5.10 Å². The molecule has 2 atom stereocenters. The van der Waals surface area contributed by atoms with Crippen LogP contribution in [0.4, 0.5) is 4.39 Å². The fourth-order valence-corrected chi connectivity index (χ4v) is 2.20. The Bertz CT molecular complexity index is 566. The second kappa shape index (κ2) is 7.02. The lowest BCUT2D eigenvalue weighted by Crippen LogP contribution is -2.34. The summed E-state index contributed by atoms with van der Waals surface area (Å²) in [6.07, 6.45) is 4.28. The Morgan fingerprint density at radius 1 is 1.38 bits per heavy atom. The topological polar surface area (TPSA) is 46.9 Å². The molecule has 0 aliphatic rings. The first kappa shape index (κ1) is 15.2. The first-order valence-corrected chi connectivity index (χ1v) is 7.13. The van der Waals surface area contributed by atoms with E-state index in [1.165, 1.54) is 12.1 Å². The van der Waals surface area contributed by atoms with Crippen LogP contribution in [-0.2, 0) is 11.3 Å². The van der Waals surface area contributed by atoms with E-state index in [9.17, 15) is 9.18 Å². The number of hydrogen-bond acceptors (Lipinski definition) is 2. The summed E-state index contributed by atoms with van der Waals surface area (Å²) in [7, 11) is 0. The van der Waals surface area contributed by atoms with Crippen LogP contribution in [-0.4, -0.2) is 15.7 Å². The van der Waals surface area contributed by atoms with E-state index in [1.54, 1.807) is 23.0 Å². The zero-order valence-electron chi connectivity index (χ0n) is 12.3. The van der Waals surface area contributed by atoms with Crippen molar-refractivity contribution in [2.45, 2.75) is 32.9 Å². The highest BCUT2D eigenvalue weighted by molar-refractivity contribution is 5.78. The molecule has 1 aromatic carbocycles. The maximum absolute atomic E-state index is 13.0. The summed E-state index contributed by atoms with van der Waals surface area (Å²) in [5.41, 5.74) is 0.915. The molecule has 0 saturated carbocycles. The molecule has 0 aliphatic heterocycles. The van der Waals surface area contributed by atoms with E-state index in [-0.39, 0.29) is 23.7 Å². The van der Waals surface area contributed by atoms with Gasteiger partial charge in [0, 0.05) is 12.4 Å². The molecular formula is C16H20FN3O. The van der Waals surface area contributed by atoms with Crippen molar-refractivity contribution >= 4 is 5.91 Å². The molecule has 1 N–H and O–H groups in total. The lowest BCUT2D eigenvalue weighted by atomic mass is 10.0. The van der Waals surface area contributed by atoms with Gasteiger partial charge in [-0.05, 0) is 30.2 Å². The van der Waals surface area contributed by atoms with Crippen LogP contribution in [0.25, 0.3) is 0 Å². The second-order valence-corrected chi connectivity index (χ2v) is 5.15. The zero-order chi connectivity index (χ0) is 15.2. The van der Waals surface area contributed by atoms with Crippen molar-refractivity contribution in [3.05, 3.63) is 54.1 Å². The first-order chi connectivity index (χ1) is 10.1. The van der Waals surface area contributed by atoms with Crippen LogP contribution in [0.3, 0.4) is 0 Å². The summed E-state index contributed by atoms with van der Waals surface area (Å²) in [5, 5.41) is 7.11. The Morgan fingerprint density at radius 3 is 2.67 bits per heavy atom. The van der Waals surface area contributed by atoms with Crippen molar-refractivity contribution in [2.24, 2.45) is 5.92 Å². The molecule has 112 valence electrons. The van der Waals surface area contributed by atoms with E-state index in [0.29, 0.717) is 6.54 Å². The number of carbonyl (C=O) groups is 1. The van der Waals surface area contributed by atoms with Gasteiger partial charge < -0.3 is 5.32 Å². The molecule has 0 aliphatic carbocycles. The number of rotatable bonds is 6. The quantitative estimate of drug-likeness (QED) is 0.888. The van der Waals surface area contributed by atoms with Gasteiger partial charge in [0.2, 0.25) is 5.91 Å². The molecule has 0 bridgehead atoms. The summed E-state index contributed by atoms with van der Waals surface area (Å²) in [6, 6.07) is 7.98. The predicted octanol–water partition coefficient (Wildman–Crippen LogP) is 2.93. The molecule has 1 amide bonds. The highest BCUT2D eigenvalue weighted by atomic mass is 19.1. The van der Waals surface area contributed by atoms with Gasteiger partial charge in [0.15, 0.2) is 0 Å². The van der Waals surface area contributed by atoms with Crippen molar-refractivity contribution in [3.63, 3.8) is 0 Å².